The van der Waals surface area contributed by atoms with Gasteiger partial charge < -0.3 is 10.3 Å². The number of nitrogens with zero attached hydrogens (tertiary/aromatic N) is 3. The summed E-state index contributed by atoms with van der Waals surface area (Å²) in [5.41, 5.74) is 8.47. The van der Waals surface area contributed by atoms with Crippen LogP contribution in [0.5, 0.6) is 0 Å². The van der Waals surface area contributed by atoms with Crippen molar-refractivity contribution in [1.82, 2.24) is 14.2 Å². The Labute approximate surface area is 92.5 Å². The molecule has 2 N–H and O–H groups in total. The second kappa shape index (κ2) is 3.45. The first-order valence-electron chi connectivity index (χ1n) is 5.61. The number of hydrogen-bond acceptors (Lipinski definition) is 3. The first kappa shape index (κ1) is 9.59. The molecule has 0 fully saturated rings. The Bertz CT molecular complexity index is 596. The third kappa shape index (κ3) is 1.21. The van der Waals surface area contributed by atoms with Crippen LogP contribution in [-0.2, 0) is 19.4 Å². The van der Waals surface area contributed by atoms with E-state index < -0.39 is 0 Å². The zero-order valence-corrected chi connectivity index (χ0v) is 9.02. The third-order valence-electron chi connectivity index (χ3n) is 3.15. The van der Waals surface area contributed by atoms with Gasteiger partial charge in [0.25, 0.3) is 5.56 Å². The molecule has 5 heteroatoms. The number of aromatic nitrogens is 3. The predicted molar refractivity (Wildman–Crippen MR) is 60.5 cm³/mol. The lowest BCUT2D eigenvalue weighted by atomic mass is 10.2. The molecule has 0 aliphatic heterocycles. The van der Waals surface area contributed by atoms with Crippen molar-refractivity contribution in [2.75, 3.05) is 6.54 Å². The number of rotatable bonds is 2. The Morgan fingerprint density at radius 3 is 3.06 bits per heavy atom. The molecule has 5 nitrogen and oxygen atoms in total. The van der Waals surface area contributed by atoms with E-state index in [-0.39, 0.29) is 5.56 Å². The highest BCUT2D eigenvalue weighted by atomic mass is 16.1. The van der Waals surface area contributed by atoms with Crippen LogP contribution in [0.3, 0.4) is 0 Å². The first-order valence-corrected chi connectivity index (χ1v) is 5.61. The zero-order valence-electron chi connectivity index (χ0n) is 9.02. The van der Waals surface area contributed by atoms with Crippen LogP contribution in [0.15, 0.2) is 17.2 Å². The van der Waals surface area contributed by atoms with Gasteiger partial charge in [0.2, 0.25) is 0 Å². The maximum atomic E-state index is 12.2. The molecule has 84 valence electrons. The Morgan fingerprint density at radius 2 is 2.25 bits per heavy atom. The summed E-state index contributed by atoms with van der Waals surface area (Å²) < 4.78 is 3.37. The maximum absolute atomic E-state index is 12.2. The van der Waals surface area contributed by atoms with Crippen LogP contribution >= 0.6 is 0 Å². The summed E-state index contributed by atoms with van der Waals surface area (Å²) >= 11 is 0. The molecule has 2 aromatic heterocycles. The van der Waals surface area contributed by atoms with Gasteiger partial charge in [-0.05, 0) is 19.3 Å². The van der Waals surface area contributed by atoms with Gasteiger partial charge in [0.05, 0.1) is 5.69 Å². The van der Waals surface area contributed by atoms with E-state index in [0.717, 1.165) is 36.0 Å². The van der Waals surface area contributed by atoms with E-state index >= 15 is 0 Å². The van der Waals surface area contributed by atoms with E-state index in [4.69, 9.17) is 5.73 Å². The molecular weight excluding hydrogens is 204 g/mol. The fourth-order valence-corrected chi connectivity index (χ4v) is 2.41. The molecule has 3 rings (SSSR count). The van der Waals surface area contributed by atoms with E-state index in [0.29, 0.717) is 13.1 Å². The quantitative estimate of drug-likeness (QED) is 0.768. The molecule has 1 aliphatic carbocycles. The molecule has 0 bridgehead atoms. The van der Waals surface area contributed by atoms with E-state index in [1.165, 1.54) is 0 Å². The van der Waals surface area contributed by atoms with E-state index in [1.807, 2.05) is 6.20 Å². The lowest BCUT2D eigenvalue weighted by Crippen LogP contribution is -2.25. The van der Waals surface area contributed by atoms with Crippen molar-refractivity contribution in [2.45, 2.75) is 25.8 Å². The van der Waals surface area contributed by atoms with Gasteiger partial charge in [-0.1, -0.05) is 0 Å². The van der Waals surface area contributed by atoms with Gasteiger partial charge in [-0.2, -0.15) is 5.10 Å². The minimum atomic E-state index is 0.0311. The Balaban J connectivity index is 2.30. The van der Waals surface area contributed by atoms with Gasteiger partial charge in [0.1, 0.15) is 5.52 Å². The van der Waals surface area contributed by atoms with Crippen LogP contribution in [0.1, 0.15) is 17.7 Å². The smallest absolute Gasteiger partial charge is 0.276 e. The molecule has 0 saturated heterocycles. The highest BCUT2D eigenvalue weighted by Crippen LogP contribution is 2.23. The molecule has 0 spiro atoms. The maximum Gasteiger partial charge on any atom is 0.276 e. The molecule has 0 saturated carbocycles. The molecule has 2 heterocycles. The van der Waals surface area contributed by atoms with Crippen LogP contribution in [0.2, 0.25) is 0 Å². The number of aryl methyl sites for hydroxylation is 2. The molecule has 1 aliphatic rings. The lowest BCUT2D eigenvalue weighted by Gasteiger charge is -2.04. The number of hydrogen-bond donors (Lipinski definition) is 1. The van der Waals surface area contributed by atoms with Crippen LogP contribution < -0.4 is 11.3 Å². The normalized spacial score (nSPS) is 14.6. The van der Waals surface area contributed by atoms with Crippen molar-refractivity contribution in [3.05, 3.63) is 34.0 Å². The van der Waals surface area contributed by atoms with E-state index in [1.54, 1.807) is 15.3 Å². The monoisotopic (exact) mass is 218 g/mol. The average molecular weight is 218 g/mol. The Morgan fingerprint density at radius 1 is 1.38 bits per heavy atom. The number of nitrogens with two attached hydrogens (primary N) is 1. The largest absolute Gasteiger partial charge is 0.329 e. The summed E-state index contributed by atoms with van der Waals surface area (Å²) in [7, 11) is 0. The summed E-state index contributed by atoms with van der Waals surface area (Å²) in [5, 5.41) is 4.43. The summed E-state index contributed by atoms with van der Waals surface area (Å²) in [6.07, 6.45) is 6.67. The standard InChI is InChI=1S/C11H14N4O/c12-4-5-14-6-7-15-10(11(14)16)8-2-1-3-9(8)13-15/h6-7H,1-5,12H2. The van der Waals surface area contributed by atoms with Crippen molar-refractivity contribution in [2.24, 2.45) is 5.73 Å². The van der Waals surface area contributed by atoms with Crippen molar-refractivity contribution in [1.29, 1.82) is 0 Å². The molecule has 16 heavy (non-hydrogen) atoms. The Kier molecular flexibility index (Phi) is 2.07. The summed E-state index contributed by atoms with van der Waals surface area (Å²) in [6.45, 7) is 1.04. The van der Waals surface area contributed by atoms with Crippen molar-refractivity contribution in [3.63, 3.8) is 0 Å². The minimum absolute atomic E-state index is 0.0311. The molecule has 0 unspecified atom stereocenters. The molecule has 0 amide bonds. The highest BCUT2D eigenvalue weighted by molar-refractivity contribution is 5.56. The van der Waals surface area contributed by atoms with Crippen molar-refractivity contribution < 1.29 is 0 Å². The fourth-order valence-electron chi connectivity index (χ4n) is 2.41. The second-order valence-corrected chi connectivity index (χ2v) is 4.16. The van der Waals surface area contributed by atoms with E-state index in [9.17, 15) is 4.79 Å². The topological polar surface area (TPSA) is 65.3 Å². The molecule has 2 aromatic rings. The lowest BCUT2D eigenvalue weighted by molar-refractivity contribution is 0.671. The molecule has 0 radical (unpaired) electrons. The summed E-state index contributed by atoms with van der Waals surface area (Å²) in [6, 6.07) is 0. The molecule has 0 aromatic carbocycles. The fraction of sp³-hybridized carbons (Fsp3) is 0.455. The van der Waals surface area contributed by atoms with Crippen LogP contribution in [0.4, 0.5) is 0 Å². The zero-order chi connectivity index (χ0) is 11.1. The van der Waals surface area contributed by atoms with Gasteiger partial charge in [-0.15, -0.1) is 0 Å². The van der Waals surface area contributed by atoms with Gasteiger partial charge in [-0.3, -0.25) is 4.79 Å². The van der Waals surface area contributed by atoms with Gasteiger partial charge >= 0.3 is 0 Å². The summed E-state index contributed by atoms with van der Waals surface area (Å²) in [5.74, 6) is 0. The summed E-state index contributed by atoms with van der Waals surface area (Å²) in [4.78, 5) is 12.2. The minimum Gasteiger partial charge on any atom is -0.329 e. The average Bonchev–Trinajstić information content (AvgIpc) is 2.81. The van der Waals surface area contributed by atoms with Gasteiger partial charge in [0, 0.05) is 31.0 Å². The van der Waals surface area contributed by atoms with Crippen LogP contribution in [0, 0.1) is 0 Å². The highest BCUT2D eigenvalue weighted by Gasteiger charge is 2.20. The Hall–Kier alpha value is -1.62. The van der Waals surface area contributed by atoms with Gasteiger partial charge in [-0.25, -0.2) is 4.52 Å². The third-order valence-corrected chi connectivity index (χ3v) is 3.15. The van der Waals surface area contributed by atoms with E-state index in [2.05, 4.69) is 5.10 Å². The number of fused-ring (bicyclic) bond motifs is 3. The molecular formula is C11H14N4O. The van der Waals surface area contributed by atoms with Crippen molar-refractivity contribution in [3.8, 4) is 0 Å². The first-order chi connectivity index (χ1) is 7.81. The molecule has 0 atom stereocenters. The van der Waals surface area contributed by atoms with Crippen LogP contribution in [0.25, 0.3) is 5.52 Å². The van der Waals surface area contributed by atoms with Crippen molar-refractivity contribution >= 4 is 5.52 Å². The predicted octanol–water partition coefficient (Wildman–Crippen LogP) is -0.0566. The SMILES string of the molecule is NCCn1ccn2nc3c(c2c1=O)CCC3. The van der Waals surface area contributed by atoms with Crippen LogP contribution in [-0.4, -0.2) is 20.7 Å². The second-order valence-electron chi connectivity index (χ2n) is 4.16. The van der Waals surface area contributed by atoms with Gasteiger partial charge in [0.15, 0.2) is 0 Å².